The molecule has 4 rings (SSSR count). The predicted molar refractivity (Wildman–Crippen MR) is 136 cm³/mol. The molecule has 2 aromatic carbocycles. The molecule has 186 valence electrons. The number of aromatic nitrogens is 2. The molecular formula is C27H34N4O4. The smallest absolute Gasteiger partial charge is 0.308 e. The van der Waals surface area contributed by atoms with Gasteiger partial charge in [0.05, 0.1) is 39.3 Å². The van der Waals surface area contributed by atoms with E-state index in [0.717, 1.165) is 61.6 Å². The first kappa shape index (κ1) is 24.7. The predicted octanol–water partition coefficient (Wildman–Crippen LogP) is 4.06. The Bertz CT molecular complexity index is 1150. The third-order valence-corrected chi connectivity index (χ3v) is 6.62. The van der Waals surface area contributed by atoms with Crippen molar-refractivity contribution in [1.82, 2.24) is 14.9 Å². The average molecular weight is 479 g/mol. The normalized spacial score (nSPS) is 14.4. The van der Waals surface area contributed by atoms with Gasteiger partial charge in [0.25, 0.3) is 0 Å². The summed E-state index contributed by atoms with van der Waals surface area (Å²) in [7, 11) is 4.71. The van der Waals surface area contributed by atoms with Gasteiger partial charge in [0, 0.05) is 31.1 Å². The minimum absolute atomic E-state index is 0.0695. The number of piperidine rings is 1. The van der Waals surface area contributed by atoms with Crippen LogP contribution in [0.4, 0.5) is 5.82 Å². The van der Waals surface area contributed by atoms with Crippen molar-refractivity contribution in [3.63, 3.8) is 0 Å². The molecule has 2 heterocycles. The average Bonchev–Trinajstić information content (AvgIpc) is 2.91. The van der Waals surface area contributed by atoms with Crippen molar-refractivity contribution in [3.05, 3.63) is 53.9 Å². The van der Waals surface area contributed by atoms with Crippen LogP contribution in [0.3, 0.4) is 0 Å². The molecule has 8 heteroatoms. The second-order valence-corrected chi connectivity index (χ2v) is 8.76. The molecule has 0 radical (unpaired) electrons. The summed E-state index contributed by atoms with van der Waals surface area (Å²) < 4.78 is 16.1. The first-order valence-corrected chi connectivity index (χ1v) is 12.1. The minimum atomic E-state index is -0.135. The number of carbonyl (C=O) groups is 1. The van der Waals surface area contributed by atoms with E-state index in [1.165, 1.54) is 12.7 Å². The van der Waals surface area contributed by atoms with Crippen LogP contribution in [0.15, 0.2) is 42.5 Å². The Kier molecular flexibility index (Phi) is 8.02. The molecule has 35 heavy (non-hydrogen) atoms. The van der Waals surface area contributed by atoms with Crippen LogP contribution < -0.4 is 14.4 Å². The number of nitrogens with zero attached hydrogens (tertiary/aromatic N) is 4. The van der Waals surface area contributed by atoms with Crippen molar-refractivity contribution >= 4 is 22.7 Å². The number of fused-ring (bicyclic) bond motifs is 1. The van der Waals surface area contributed by atoms with E-state index in [2.05, 4.69) is 41.0 Å². The fourth-order valence-electron chi connectivity index (χ4n) is 4.61. The molecule has 1 aliphatic heterocycles. The lowest BCUT2D eigenvalue weighted by molar-refractivity contribution is -0.146. The van der Waals surface area contributed by atoms with Crippen molar-refractivity contribution in [2.75, 3.05) is 45.9 Å². The zero-order valence-corrected chi connectivity index (χ0v) is 21.0. The van der Waals surface area contributed by atoms with Gasteiger partial charge in [0.15, 0.2) is 11.5 Å². The largest absolute Gasteiger partial charge is 0.493 e. The van der Waals surface area contributed by atoms with E-state index >= 15 is 0 Å². The molecule has 0 unspecified atom stereocenters. The zero-order valence-electron chi connectivity index (χ0n) is 21.0. The van der Waals surface area contributed by atoms with Crippen LogP contribution in [0, 0.1) is 5.92 Å². The number of hydrogen-bond donors (Lipinski definition) is 0. The van der Waals surface area contributed by atoms with Gasteiger partial charge in [-0.3, -0.25) is 9.69 Å². The van der Waals surface area contributed by atoms with Crippen molar-refractivity contribution in [2.24, 2.45) is 5.92 Å². The lowest BCUT2D eigenvalue weighted by Gasteiger charge is -2.32. The zero-order chi connectivity index (χ0) is 24.8. The van der Waals surface area contributed by atoms with Crippen molar-refractivity contribution in [3.8, 4) is 11.5 Å². The minimum Gasteiger partial charge on any atom is -0.493 e. The SMILES string of the molecule is CCN(Cc1ccccc1)Cc1nc(N2CCC(C(=O)OC)CC2)c2cc(OC)c(OC)cc2n1. The number of hydrogen-bond acceptors (Lipinski definition) is 8. The van der Waals surface area contributed by atoms with Gasteiger partial charge in [0.1, 0.15) is 11.6 Å². The van der Waals surface area contributed by atoms with Gasteiger partial charge in [-0.2, -0.15) is 0 Å². The molecule has 0 N–H and O–H groups in total. The molecule has 0 spiro atoms. The van der Waals surface area contributed by atoms with Gasteiger partial charge < -0.3 is 19.1 Å². The van der Waals surface area contributed by atoms with E-state index in [9.17, 15) is 4.79 Å². The Balaban J connectivity index is 1.68. The van der Waals surface area contributed by atoms with E-state index in [0.29, 0.717) is 18.0 Å². The van der Waals surface area contributed by atoms with Crippen LogP contribution in [0.1, 0.15) is 31.2 Å². The number of rotatable bonds is 9. The maximum atomic E-state index is 12.0. The number of benzene rings is 2. The molecule has 0 saturated carbocycles. The van der Waals surface area contributed by atoms with Crippen LogP contribution in [0.2, 0.25) is 0 Å². The summed E-state index contributed by atoms with van der Waals surface area (Å²) in [4.78, 5) is 26.5. The van der Waals surface area contributed by atoms with Crippen LogP contribution in [0.5, 0.6) is 11.5 Å². The highest BCUT2D eigenvalue weighted by Gasteiger charge is 2.28. The summed E-state index contributed by atoms with van der Waals surface area (Å²) in [6.45, 7) is 5.92. The molecule has 0 aliphatic carbocycles. The third kappa shape index (κ3) is 5.65. The van der Waals surface area contributed by atoms with Gasteiger partial charge in [-0.15, -0.1) is 0 Å². The van der Waals surface area contributed by atoms with E-state index in [1.54, 1.807) is 14.2 Å². The quantitative estimate of drug-likeness (QED) is 0.426. The van der Waals surface area contributed by atoms with E-state index in [1.807, 2.05) is 18.2 Å². The Hall–Kier alpha value is -3.39. The Morgan fingerprint density at radius 3 is 2.31 bits per heavy atom. The lowest BCUT2D eigenvalue weighted by Crippen LogP contribution is -2.37. The summed E-state index contributed by atoms with van der Waals surface area (Å²) in [6.07, 6.45) is 1.46. The topological polar surface area (TPSA) is 77.0 Å². The summed E-state index contributed by atoms with van der Waals surface area (Å²) in [5.74, 6) is 2.69. The van der Waals surface area contributed by atoms with Gasteiger partial charge in [-0.25, -0.2) is 9.97 Å². The first-order chi connectivity index (χ1) is 17.1. The molecule has 3 aromatic rings. The van der Waals surface area contributed by atoms with Crippen molar-refractivity contribution in [2.45, 2.75) is 32.9 Å². The molecule has 1 aliphatic rings. The number of methoxy groups -OCH3 is 3. The number of anilines is 1. The highest BCUT2D eigenvalue weighted by molar-refractivity contribution is 5.92. The summed E-state index contributed by atoms with van der Waals surface area (Å²) in [5.41, 5.74) is 2.07. The van der Waals surface area contributed by atoms with Crippen LogP contribution in [-0.4, -0.2) is 61.8 Å². The van der Waals surface area contributed by atoms with Gasteiger partial charge in [0.2, 0.25) is 0 Å². The number of esters is 1. The summed E-state index contributed by atoms with van der Waals surface area (Å²) in [5, 5.41) is 0.911. The lowest BCUT2D eigenvalue weighted by atomic mass is 9.97. The number of carbonyl (C=O) groups excluding carboxylic acids is 1. The molecule has 0 atom stereocenters. The standard InChI is InChI=1S/C27H34N4O4/c1-5-30(17-19-9-7-6-8-10-19)18-25-28-22-16-24(34-3)23(33-2)15-21(22)26(29-25)31-13-11-20(12-14-31)27(32)35-4/h6-10,15-16,20H,5,11-14,17-18H2,1-4H3. The molecule has 0 bridgehead atoms. The van der Waals surface area contributed by atoms with Crippen LogP contribution in [0.25, 0.3) is 10.9 Å². The van der Waals surface area contributed by atoms with E-state index in [4.69, 9.17) is 24.2 Å². The molecule has 0 amide bonds. The van der Waals surface area contributed by atoms with Crippen molar-refractivity contribution in [1.29, 1.82) is 0 Å². The number of ether oxygens (including phenoxy) is 3. The monoisotopic (exact) mass is 478 g/mol. The highest BCUT2D eigenvalue weighted by atomic mass is 16.5. The Morgan fingerprint density at radius 1 is 1.00 bits per heavy atom. The van der Waals surface area contributed by atoms with E-state index in [-0.39, 0.29) is 11.9 Å². The summed E-state index contributed by atoms with van der Waals surface area (Å²) >= 11 is 0. The maximum absolute atomic E-state index is 12.0. The van der Waals surface area contributed by atoms with Gasteiger partial charge in [-0.05, 0) is 31.0 Å². The van der Waals surface area contributed by atoms with Crippen LogP contribution in [-0.2, 0) is 22.6 Å². The fourth-order valence-corrected chi connectivity index (χ4v) is 4.61. The second kappa shape index (κ2) is 11.4. The Labute approximate surface area is 206 Å². The molecule has 1 aromatic heterocycles. The molecular weight excluding hydrogens is 444 g/mol. The highest BCUT2D eigenvalue weighted by Crippen LogP contribution is 2.36. The third-order valence-electron chi connectivity index (χ3n) is 6.62. The molecule has 1 saturated heterocycles. The second-order valence-electron chi connectivity index (χ2n) is 8.76. The maximum Gasteiger partial charge on any atom is 0.308 e. The molecule has 8 nitrogen and oxygen atoms in total. The molecule has 1 fully saturated rings. The van der Waals surface area contributed by atoms with E-state index < -0.39 is 0 Å². The van der Waals surface area contributed by atoms with Crippen LogP contribution >= 0.6 is 0 Å². The van der Waals surface area contributed by atoms with Crippen molar-refractivity contribution < 1.29 is 19.0 Å². The van der Waals surface area contributed by atoms with Gasteiger partial charge >= 0.3 is 5.97 Å². The summed E-state index contributed by atoms with van der Waals surface area (Å²) in [6, 6.07) is 14.3. The fraction of sp³-hybridized carbons (Fsp3) is 0.444. The Morgan fingerprint density at radius 2 is 1.69 bits per heavy atom. The van der Waals surface area contributed by atoms with Gasteiger partial charge in [-0.1, -0.05) is 37.3 Å². The first-order valence-electron chi connectivity index (χ1n) is 12.1.